The van der Waals surface area contributed by atoms with Gasteiger partial charge in [0.15, 0.2) is 11.5 Å². The number of nitrogens with one attached hydrogen (secondary N) is 1. The molecule has 0 heterocycles. The summed E-state index contributed by atoms with van der Waals surface area (Å²) in [5, 5.41) is 22.1. The van der Waals surface area contributed by atoms with Crippen LogP contribution < -0.4 is 5.32 Å². The molecule has 196 valence electrons. The zero-order valence-electron chi connectivity index (χ0n) is 21.9. The number of allylic oxidation sites excluding steroid dienone is 10. The average molecular weight is 494 g/mol. The number of ether oxygens (including phenoxy) is 1. The first-order chi connectivity index (χ1) is 17.5. The van der Waals surface area contributed by atoms with Crippen LogP contribution in [0, 0.1) is 0 Å². The first-order valence-corrected chi connectivity index (χ1v) is 12.8. The molecule has 1 atom stereocenters. The van der Waals surface area contributed by atoms with E-state index in [4.69, 9.17) is 4.74 Å². The van der Waals surface area contributed by atoms with Crippen LogP contribution in [0.5, 0.6) is 11.5 Å². The fourth-order valence-corrected chi connectivity index (χ4v) is 3.33. The minimum atomic E-state index is -0.417. The van der Waals surface area contributed by atoms with E-state index in [1.54, 1.807) is 6.07 Å². The molecular weight excluding hydrogens is 450 g/mol. The summed E-state index contributed by atoms with van der Waals surface area (Å²) in [6, 6.07) is 4.17. The molecule has 1 rings (SSSR count). The molecule has 1 amide bonds. The van der Waals surface area contributed by atoms with Gasteiger partial charge in [0.25, 0.3) is 0 Å². The maximum Gasteiger partial charge on any atom is 0.220 e. The Labute approximate surface area is 217 Å². The van der Waals surface area contributed by atoms with Gasteiger partial charge in [-0.25, -0.2) is 0 Å². The Morgan fingerprint density at radius 1 is 0.917 bits per heavy atom. The van der Waals surface area contributed by atoms with Crippen LogP contribution in [0.2, 0.25) is 0 Å². The molecule has 0 aromatic heterocycles. The van der Waals surface area contributed by atoms with Crippen molar-refractivity contribution in [1.82, 2.24) is 5.32 Å². The summed E-state index contributed by atoms with van der Waals surface area (Å²) in [7, 11) is 1.51. The first kappa shape index (κ1) is 30.6. The SMILES string of the molecule is C=C(OC)C(Cc1ccc(O)c(O)c1)NC(=O)CCC/C=C\C/C=C\C/C=C\C/C=C\C/C=C\CC. The first-order valence-electron chi connectivity index (χ1n) is 12.8. The molecule has 1 aromatic carbocycles. The van der Waals surface area contributed by atoms with E-state index in [0.717, 1.165) is 50.5 Å². The molecule has 36 heavy (non-hydrogen) atoms. The number of phenols is 2. The smallest absolute Gasteiger partial charge is 0.220 e. The fourth-order valence-electron chi connectivity index (χ4n) is 3.33. The van der Waals surface area contributed by atoms with E-state index in [9.17, 15) is 15.0 Å². The lowest BCUT2D eigenvalue weighted by Gasteiger charge is -2.20. The summed E-state index contributed by atoms with van der Waals surface area (Å²) in [4.78, 5) is 12.4. The maximum atomic E-state index is 12.4. The van der Waals surface area contributed by atoms with Crippen LogP contribution in [0.4, 0.5) is 0 Å². The van der Waals surface area contributed by atoms with Gasteiger partial charge < -0.3 is 20.3 Å². The van der Waals surface area contributed by atoms with Crippen molar-refractivity contribution in [2.24, 2.45) is 0 Å². The van der Waals surface area contributed by atoms with E-state index >= 15 is 0 Å². The molecule has 5 nitrogen and oxygen atoms in total. The number of phenolic OH excluding ortho intramolecular Hbond substituents is 2. The minimum Gasteiger partial charge on any atom is -0.504 e. The van der Waals surface area contributed by atoms with Gasteiger partial charge in [-0.2, -0.15) is 0 Å². The van der Waals surface area contributed by atoms with Gasteiger partial charge >= 0.3 is 0 Å². The Hall–Kier alpha value is -3.47. The van der Waals surface area contributed by atoms with Gasteiger partial charge in [-0.15, -0.1) is 0 Å². The number of unbranched alkanes of at least 4 members (excludes halogenated alkanes) is 1. The van der Waals surface area contributed by atoms with Crippen LogP contribution in [-0.2, 0) is 16.0 Å². The molecule has 1 unspecified atom stereocenters. The maximum absolute atomic E-state index is 12.4. The van der Waals surface area contributed by atoms with E-state index < -0.39 is 6.04 Å². The topological polar surface area (TPSA) is 78.8 Å². The highest BCUT2D eigenvalue weighted by atomic mass is 16.5. The van der Waals surface area contributed by atoms with Gasteiger partial charge in [0.1, 0.15) is 5.76 Å². The third kappa shape index (κ3) is 14.7. The van der Waals surface area contributed by atoms with E-state index in [-0.39, 0.29) is 17.4 Å². The molecule has 0 aliphatic rings. The predicted molar refractivity (Wildman–Crippen MR) is 150 cm³/mol. The monoisotopic (exact) mass is 493 g/mol. The average Bonchev–Trinajstić information content (AvgIpc) is 2.87. The van der Waals surface area contributed by atoms with Crippen molar-refractivity contribution in [1.29, 1.82) is 0 Å². The van der Waals surface area contributed by atoms with Gasteiger partial charge in [-0.1, -0.05) is 80.3 Å². The molecule has 0 saturated carbocycles. The predicted octanol–water partition coefficient (Wildman–Crippen LogP) is 7.21. The van der Waals surface area contributed by atoms with Gasteiger partial charge in [0.2, 0.25) is 5.91 Å². The second-order valence-electron chi connectivity index (χ2n) is 8.42. The molecule has 0 spiro atoms. The molecule has 3 N–H and O–H groups in total. The third-order valence-electron chi connectivity index (χ3n) is 5.40. The Morgan fingerprint density at radius 3 is 2.00 bits per heavy atom. The fraction of sp³-hybridized carbons (Fsp3) is 0.387. The molecule has 0 bridgehead atoms. The number of methoxy groups -OCH3 is 1. The molecule has 5 heteroatoms. The van der Waals surface area contributed by atoms with E-state index in [2.05, 4.69) is 79.6 Å². The zero-order chi connectivity index (χ0) is 26.4. The van der Waals surface area contributed by atoms with Crippen molar-refractivity contribution >= 4 is 5.91 Å². The summed E-state index contributed by atoms with van der Waals surface area (Å²) in [5.41, 5.74) is 0.757. The van der Waals surface area contributed by atoms with Crippen molar-refractivity contribution in [2.45, 2.75) is 70.8 Å². The number of aromatic hydroxyl groups is 2. The molecule has 0 aliphatic heterocycles. The largest absolute Gasteiger partial charge is 0.504 e. The zero-order valence-corrected chi connectivity index (χ0v) is 21.9. The summed E-state index contributed by atoms with van der Waals surface area (Å²) in [6.07, 6.45) is 29.0. The second-order valence-corrected chi connectivity index (χ2v) is 8.42. The van der Waals surface area contributed by atoms with Gasteiger partial charge in [-0.3, -0.25) is 4.79 Å². The normalized spacial score (nSPS) is 12.9. The number of benzene rings is 1. The summed E-state index contributed by atoms with van der Waals surface area (Å²) >= 11 is 0. The second kappa shape index (κ2) is 19.8. The molecule has 0 radical (unpaired) electrons. The van der Waals surface area contributed by atoms with Crippen LogP contribution in [0.15, 0.2) is 91.3 Å². The Morgan fingerprint density at radius 2 is 1.47 bits per heavy atom. The lowest BCUT2D eigenvalue weighted by atomic mass is 10.0. The summed E-state index contributed by atoms with van der Waals surface area (Å²) in [5.74, 6) is -0.0140. The van der Waals surface area contributed by atoms with Gasteiger partial charge in [-0.05, 0) is 69.1 Å². The summed E-state index contributed by atoms with van der Waals surface area (Å²) < 4.78 is 5.23. The highest BCUT2D eigenvalue weighted by Crippen LogP contribution is 2.26. The van der Waals surface area contributed by atoms with Crippen LogP contribution in [0.3, 0.4) is 0 Å². The van der Waals surface area contributed by atoms with Crippen molar-refractivity contribution in [3.63, 3.8) is 0 Å². The Balaban J connectivity index is 2.23. The quantitative estimate of drug-likeness (QED) is 0.0874. The third-order valence-corrected chi connectivity index (χ3v) is 5.40. The highest BCUT2D eigenvalue weighted by molar-refractivity contribution is 5.76. The molecule has 1 aromatic rings. The molecular formula is C31H43NO4. The Kier molecular flexibility index (Phi) is 16.8. The van der Waals surface area contributed by atoms with Crippen LogP contribution in [0.25, 0.3) is 0 Å². The van der Waals surface area contributed by atoms with Gasteiger partial charge in [0, 0.05) is 6.42 Å². The molecule has 0 fully saturated rings. The lowest BCUT2D eigenvalue weighted by molar-refractivity contribution is -0.121. The Bertz CT molecular complexity index is 925. The van der Waals surface area contributed by atoms with E-state index in [0.29, 0.717) is 18.6 Å². The summed E-state index contributed by atoms with van der Waals surface area (Å²) in [6.45, 7) is 6.01. The standard InChI is InChI=1S/C31H43NO4/c1-4-5-6-7-8-9-10-11-12-13-14-15-16-17-18-19-20-21-31(35)32-28(26(2)36-3)24-27-22-23-29(33)30(34)25-27/h5-6,8-9,11-12,14-15,17-18,22-23,25,28,33-34H,2,4,7,10,13,16,19-21,24H2,1,3H3,(H,32,35)/b6-5-,9-8-,12-11-,15-14-,18-17-. The number of amides is 1. The van der Waals surface area contributed by atoms with Crippen LogP contribution in [0.1, 0.15) is 63.9 Å². The lowest BCUT2D eigenvalue weighted by Crippen LogP contribution is -2.38. The number of hydrogen-bond acceptors (Lipinski definition) is 4. The van der Waals surface area contributed by atoms with Crippen molar-refractivity contribution in [3.8, 4) is 11.5 Å². The van der Waals surface area contributed by atoms with Gasteiger partial charge in [0.05, 0.1) is 13.2 Å². The van der Waals surface area contributed by atoms with Crippen molar-refractivity contribution in [2.75, 3.05) is 7.11 Å². The van der Waals surface area contributed by atoms with Crippen LogP contribution in [-0.4, -0.2) is 29.3 Å². The minimum absolute atomic E-state index is 0.0754. The number of rotatable bonds is 18. The van der Waals surface area contributed by atoms with Crippen LogP contribution >= 0.6 is 0 Å². The van der Waals surface area contributed by atoms with Crippen molar-refractivity contribution < 1.29 is 19.7 Å². The van der Waals surface area contributed by atoms with E-state index in [1.165, 1.54) is 19.2 Å². The molecule has 0 saturated heterocycles. The number of carbonyl (C=O) groups is 1. The number of hydrogen-bond donors (Lipinski definition) is 3. The molecule has 0 aliphatic carbocycles. The number of carbonyl (C=O) groups excluding carboxylic acids is 1. The van der Waals surface area contributed by atoms with Crippen molar-refractivity contribution in [3.05, 3.63) is 96.9 Å². The van der Waals surface area contributed by atoms with E-state index in [1.807, 2.05) is 0 Å². The highest BCUT2D eigenvalue weighted by Gasteiger charge is 2.17.